The van der Waals surface area contributed by atoms with Crippen LogP contribution >= 0.6 is 0 Å². The maximum atomic E-state index is 13.6. The molecule has 8 nitrogen and oxygen atoms in total. The molecule has 2 aromatic heterocycles. The van der Waals surface area contributed by atoms with Crippen molar-refractivity contribution in [2.24, 2.45) is 5.92 Å². The Balaban J connectivity index is 1.34. The lowest BCUT2D eigenvalue weighted by atomic mass is 9.76. The van der Waals surface area contributed by atoms with Gasteiger partial charge in [-0.2, -0.15) is 5.10 Å². The molecule has 212 valence electrons. The van der Waals surface area contributed by atoms with Gasteiger partial charge in [0.1, 0.15) is 5.82 Å². The second-order valence-electron chi connectivity index (χ2n) is 11.8. The summed E-state index contributed by atoms with van der Waals surface area (Å²) in [4.78, 5) is 30.8. The molecule has 3 heterocycles. The summed E-state index contributed by atoms with van der Waals surface area (Å²) in [7, 11) is 0. The lowest BCUT2D eigenvalue weighted by molar-refractivity contribution is 0.0916. The quantitative estimate of drug-likeness (QED) is 0.229. The molecule has 1 atom stereocenters. The molecule has 3 N–H and O–H groups in total. The maximum absolute atomic E-state index is 13.6. The molecule has 1 unspecified atom stereocenters. The van der Waals surface area contributed by atoms with E-state index in [1.807, 2.05) is 61.5 Å². The van der Waals surface area contributed by atoms with E-state index in [9.17, 15) is 9.59 Å². The third-order valence-electron chi connectivity index (χ3n) is 7.63. The van der Waals surface area contributed by atoms with Gasteiger partial charge in [-0.1, -0.05) is 50.6 Å². The summed E-state index contributed by atoms with van der Waals surface area (Å²) in [6.45, 7) is 10.1. The average Bonchev–Trinajstić information content (AvgIpc) is 3.40. The number of nitrogens with one attached hydrogen (secondary N) is 3. The largest absolute Gasteiger partial charge is 0.324 e. The van der Waals surface area contributed by atoms with E-state index < -0.39 is 0 Å². The maximum Gasteiger partial charge on any atom is 0.324 e. The molecule has 41 heavy (non-hydrogen) atoms. The number of rotatable bonds is 7. The molecule has 1 saturated heterocycles. The molecule has 5 rings (SSSR count). The number of aryl methyl sites for hydroxylation is 1. The van der Waals surface area contributed by atoms with Crippen LogP contribution in [0, 0.1) is 12.8 Å². The van der Waals surface area contributed by atoms with Gasteiger partial charge >= 0.3 is 6.03 Å². The summed E-state index contributed by atoms with van der Waals surface area (Å²) in [6.07, 6.45) is 5.20. The fourth-order valence-corrected chi connectivity index (χ4v) is 5.28. The molecule has 1 fully saturated rings. The van der Waals surface area contributed by atoms with Crippen LogP contribution in [0.2, 0.25) is 0 Å². The number of hydrogen-bond donors (Lipinski definition) is 3. The summed E-state index contributed by atoms with van der Waals surface area (Å²) in [5.74, 6) is 0.693. The molecular weight excluding hydrogens is 512 g/mol. The van der Waals surface area contributed by atoms with Crippen molar-refractivity contribution in [3.63, 3.8) is 0 Å². The summed E-state index contributed by atoms with van der Waals surface area (Å²) < 4.78 is 1.76. The summed E-state index contributed by atoms with van der Waals surface area (Å²) in [5, 5.41) is 14.1. The van der Waals surface area contributed by atoms with Gasteiger partial charge in [0.2, 0.25) is 0 Å². The highest BCUT2D eigenvalue weighted by atomic mass is 16.2. The number of ketones is 1. The Bertz CT molecular complexity index is 1480. The van der Waals surface area contributed by atoms with Gasteiger partial charge in [-0.25, -0.2) is 9.48 Å². The van der Waals surface area contributed by atoms with Crippen LogP contribution in [-0.4, -0.2) is 39.7 Å². The van der Waals surface area contributed by atoms with Crippen molar-refractivity contribution in [1.82, 2.24) is 20.1 Å². The molecule has 2 amide bonds. The number of piperidine rings is 1. The Morgan fingerprint density at radius 2 is 1.59 bits per heavy atom. The number of Topliss-reactive ketones (excluding diaryl/α,β-unsaturated/α-hetero) is 1. The number of hydrogen-bond acceptors (Lipinski definition) is 5. The summed E-state index contributed by atoms with van der Waals surface area (Å²) in [5.41, 5.74) is 4.98. The van der Waals surface area contributed by atoms with Crippen LogP contribution in [0.5, 0.6) is 0 Å². The Morgan fingerprint density at radius 1 is 0.927 bits per heavy atom. The van der Waals surface area contributed by atoms with Crippen molar-refractivity contribution in [2.75, 3.05) is 23.7 Å². The molecule has 0 aliphatic carbocycles. The monoisotopic (exact) mass is 550 g/mol. The normalized spacial score (nSPS) is 14.8. The number of benzene rings is 2. The summed E-state index contributed by atoms with van der Waals surface area (Å²) in [6, 6.07) is 20.8. The average molecular weight is 551 g/mol. The first kappa shape index (κ1) is 28.2. The van der Waals surface area contributed by atoms with Crippen molar-refractivity contribution in [2.45, 2.75) is 51.9 Å². The van der Waals surface area contributed by atoms with Crippen LogP contribution in [0.4, 0.5) is 16.3 Å². The molecule has 0 bridgehead atoms. The first-order valence-corrected chi connectivity index (χ1v) is 14.2. The predicted octanol–water partition coefficient (Wildman–Crippen LogP) is 6.48. The number of urea groups is 1. The zero-order chi connectivity index (χ0) is 29.0. The van der Waals surface area contributed by atoms with E-state index in [2.05, 4.69) is 41.7 Å². The van der Waals surface area contributed by atoms with Gasteiger partial charge in [0, 0.05) is 35.1 Å². The number of carbonyl (C=O) groups excluding carboxylic acids is 2. The molecule has 8 heteroatoms. The number of aromatic nitrogens is 3. The Hall–Kier alpha value is -4.30. The first-order valence-electron chi connectivity index (χ1n) is 14.2. The highest BCUT2D eigenvalue weighted by molar-refractivity contribution is 6.01. The molecule has 0 saturated carbocycles. The lowest BCUT2D eigenvalue weighted by Crippen LogP contribution is -2.33. The number of nitrogens with zero attached hydrogens (tertiary/aromatic N) is 3. The Kier molecular flexibility index (Phi) is 8.31. The lowest BCUT2D eigenvalue weighted by Gasteiger charge is -2.30. The third kappa shape index (κ3) is 6.72. The van der Waals surface area contributed by atoms with E-state index in [1.54, 1.807) is 29.2 Å². The minimum Gasteiger partial charge on any atom is -0.317 e. The number of pyridine rings is 1. The molecule has 1 aliphatic heterocycles. The molecule has 4 aromatic rings. The van der Waals surface area contributed by atoms with Crippen molar-refractivity contribution < 1.29 is 9.59 Å². The van der Waals surface area contributed by atoms with E-state index in [1.165, 1.54) is 0 Å². The fourth-order valence-electron chi connectivity index (χ4n) is 5.28. The van der Waals surface area contributed by atoms with Gasteiger partial charge in [0.05, 0.1) is 17.3 Å². The Labute approximate surface area is 241 Å². The minimum absolute atomic E-state index is 0.108. The predicted molar refractivity (Wildman–Crippen MR) is 163 cm³/mol. The highest BCUT2D eigenvalue weighted by Crippen LogP contribution is 2.35. The minimum atomic E-state index is -0.366. The van der Waals surface area contributed by atoms with Crippen molar-refractivity contribution in [3.8, 4) is 5.69 Å². The van der Waals surface area contributed by atoms with Crippen LogP contribution in [-0.2, 0) is 5.41 Å². The van der Waals surface area contributed by atoms with E-state index in [0.29, 0.717) is 17.1 Å². The molecule has 2 aromatic carbocycles. The summed E-state index contributed by atoms with van der Waals surface area (Å²) >= 11 is 0. The second kappa shape index (κ2) is 12.1. The van der Waals surface area contributed by atoms with Crippen molar-refractivity contribution in [1.29, 1.82) is 0 Å². The van der Waals surface area contributed by atoms with E-state index in [-0.39, 0.29) is 29.1 Å². The molecular formula is C33H38N6O2. The van der Waals surface area contributed by atoms with Gasteiger partial charge in [-0.05, 0) is 80.7 Å². The first-order chi connectivity index (χ1) is 19.7. The van der Waals surface area contributed by atoms with Crippen molar-refractivity contribution in [3.05, 3.63) is 102 Å². The van der Waals surface area contributed by atoms with E-state index in [4.69, 9.17) is 5.10 Å². The van der Waals surface area contributed by atoms with Crippen LogP contribution in [0.25, 0.3) is 5.69 Å². The molecule has 0 radical (unpaired) electrons. The second-order valence-corrected chi connectivity index (χ2v) is 11.8. The van der Waals surface area contributed by atoms with Crippen LogP contribution < -0.4 is 16.0 Å². The third-order valence-corrected chi connectivity index (χ3v) is 7.63. The standard InChI is InChI=1S/C33H38N6O2/c1-22-5-11-27(12-6-22)39-29(21-28(38-39)33(2,3)4)37-32(41)36-26-9-7-23(8-10-26)30(24-13-17-34-18-14-24)31(40)25-15-19-35-20-16-25/h5-12,15-16,19-21,24,30,34H,13-14,17-18H2,1-4H3,(H2,36,37,41). The SMILES string of the molecule is Cc1ccc(-n2nc(C(C)(C)C)cc2NC(=O)Nc2ccc(C(C(=O)c3ccncc3)C3CCNCC3)cc2)cc1. The van der Waals surface area contributed by atoms with Crippen LogP contribution in [0.1, 0.15) is 66.7 Å². The van der Waals surface area contributed by atoms with Gasteiger partial charge in [0.25, 0.3) is 0 Å². The topological polar surface area (TPSA) is 101 Å². The molecule has 1 aliphatic rings. The van der Waals surface area contributed by atoms with Gasteiger partial charge in [-0.3, -0.25) is 15.1 Å². The van der Waals surface area contributed by atoms with Gasteiger partial charge in [0.15, 0.2) is 5.78 Å². The van der Waals surface area contributed by atoms with Crippen LogP contribution in [0.15, 0.2) is 79.1 Å². The van der Waals surface area contributed by atoms with Gasteiger partial charge in [-0.15, -0.1) is 0 Å². The molecule has 0 spiro atoms. The highest BCUT2D eigenvalue weighted by Gasteiger charge is 2.31. The number of anilines is 2. The number of carbonyl (C=O) groups is 2. The van der Waals surface area contributed by atoms with Gasteiger partial charge < -0.3 is 10.6 Å². The van der Waals surface area contributed by atoms with E-state index in [0.717, 1.165) is 48.4 Å². The van der Waals surface area contributed by atoms with E-state index >= 15 is 0 Å². The zero-order valence-corrected chi connectivity index (χ0v) is 24.1. The zero-order valence-electron chi connectivity index (χ0n) is 24.1. The number of amides is 2. The Morgan fingerprint density at radius 3 is 2.22 bits per heavy atom. The smallest absolute Gasteiger partial charge is 0.317 e. The fraction of sp³-hybridized carbons (Fsp3) is 0.333. The van der Waals surface area contributed by atoms with Crippen molar-refractivity contribution >= 4 is 23.3 Å². The van der Waals surface area contributed by atoms with Crippen LogP contribution in [0.3, 0.4) is 0 Å².